The Hall–Kier alpha value is -0.630. The Kier molecular flexibility index (Phi) is 2.79. The molecule has 1 saturated heterocycles. The summed E-state index contributed by atoms with van der Waals surface area (Å²) < 4.78 is 0. The predicted molar refractivity (Wildman–Crippen MR) is 52.5 cm³/mol. The summed E-state index contributed by atoms with van der Waals surface area (Å²) in [6.45, 7) is 1.78. The van der Waals surface area contributed by atoms with E-state index in [-0.39, 0.29) is 5.92 Å². The van der Waals surface area contributed by atoms with Gasteiger partial charge in [0.1, 0.15) is 5.78 Å². The molecule has 1 heterocycles. The first kappa shape index (κ1) is 8.95. The van der Waals surface area contributed by atoms with Crippen molar-refractivity contribution in [2.45, 2.75) is 25.7 Å². The van der Waals surface area contributed by atoms with E-state index in [1.54, 1.807) is 0 Å². The van der Waals surface area contributed by atoms with Gasteiger partial charge in [0, 0.05) is 25.4 Å². The number of piperidine rings is 1. The first-order valence-electron chi connectivity index (χ1n) is 5.28. The summed E-state index contributed by atoms with van der Waals surface area (Å²) in [6, 6.07) is 0. The molecule has 0 aromatic heterocycles. The van der Waals surface area contributed by atoms with E-state index < -0.39 is 0 Å². The van der Waals surface area contributed by atoms with Gasteiger partial charge in [-0.15, -0.1) is 0 Å². The topological polar surface area (TPSA) is 29.1 Å². The summed E-state index contributed by atoms with van der Waals surface area (Å²) in [5.41, 5.74) is 0. The van der Waals surface area contributed by atoms with Crippen LogP contribution >= 0.6 is 0 Å². The zero-order valence-corrected chi connectivity index (χ0v) is 7.96. The van der Waals surface area contributed by atoms with Crippen molar-refractivity contribution in [3.8, 4) is 0 Å². The van der Waals surface area contributed by atoms with Crippen LogP contribution in [0.3, 0.4) is 0 Å². The predicted octanol–water partition coefficient (Wildman–Crippen LogP) is 1.52. The smallest absolute Gasteiger partial charge is 0.139 e. The molecule has 0 saturated carbocycles. The van der Waals surface area contributed by atoms with E-state index in [1.165, 1.54) is 19.3 Å². The lowest BCUT2D eigenvalue weighted by Crippen LogP contribution is -2.40. The van der Waals surface area contributed by atoms with Gasteiger partial charge in [-0.2, -0.15) is 0 Å². The van der Waals surface area contributed by atoms with Crippen LogP contribution in [0.5, 0.6) is 0 Å². The molecular weight excluding hydrogens is 162 g/mol. The number of hydrogen-bond donors (Lipinski definition) is 1. The van der Waals surface area contributed by atoms with E-state index in [4.69, 9.17) is 0 Å². The Morgan fingerprint density at radius 2 is 2.38 bits per heavy atom. The third-order valence-corrected chi connectivity index (χ3v) is 3.13. The second-order valence-corrected chi connectivity index (χ2v) is 4.05. The molecule has 0 bridgehead atoms. The molecule has 1 aliphatic heterocycles. The van der Waals surface area contributed by atoms with E-state index in [2.05, 4.69) is 17.5 Å². The van der Waals surface area contributed by atoms with Crippen LogP contribution in [-0.2, 0) is 4.79 Å². The van der Waals surface area contributed by atoms with Crippen molar-refractivity contribution in [1.82, 2.24) is 5.32 Å². The summed E-state index contributed by atoms with van der Waals surface area (Å²) in [5.74, 6) is 1.26. The van der Waals surface area contributed by atoms with Crippen LogP contribution in [0, 0.1) is 11.8 Å². The minimum atomic E-state index is 0.269. The first-order valence-corrected chi connectivity index (χ1v) is 5.28. The lowest BCUT2D eigenvalue weighted by atomic mass is 9.80. The molecule has 2 rings (SSSR count). The summed E-state index contributed by atoms with van der Waals surface area (Å²) in [4.78, 5) is 11.6. The maximum atomic E-state index is 11.6. The molecule has 72 valence electrons. The lowest BCUT2D eigenvalue weighted by molar-refractivity contribution is -0.125. The van der Waals surface area contributed by atoms with Gasteiger partial charge >= 0.3 is 0 Å². The van der Waals surface area contributed by atoms with E-state index in [0.717, 1.165) is 19.5 Å². The maximum absolute atomic E-state index is 11.6. The summed E-state index contributed by atoms with van der Waals surface area (Å²) >= 11 is 0. The zero-order valence-electron chi connectivity index (χ0n) is 7.96. The van der Waals surface area contributed by atoms with Crippen molar-refractivity contribution in [3.05, 3.63) is 12.2 Å². The molecule has 1 fully saturated rings. The van der Waals surface area contributed by atoms with Crippen LogP contribution in [0.15, 0.2) is 12.2 Å². The number of nitrogens with one attached hydrogen (secondary N) is 1. The fourth-order valence-corrected chi connectivity index (χ4v) is 2.33. The SMILES string of the molecule is O=C1CCNCC1C1C=CCCC1. The molecule has 13 heavy (non-hydrogen) atoms. The second-order valence-electron chi connectivity index (χ2n) is 4.05. The van der Waals surface area contributed by atoms with Gasteiger partial charge in [-0.25, -0.2) is 0 Å². The van der Waals surface area contributed by atoms with Crippen molar-refractivity contribution in [2.75, 3.05) is 13.1 Å². The van der Waals surface area contributed by atoms with Gasteiger partial charge in [-0.1, -0.05) is 12.2 Å². The highest BCUT2D eigenvalue weighted by molar-refractivity contribution is 5.82. The van der Waals surface area contributed by atoms with Crippen LogP contribution < -0.4 is 5.32 Å². The zero-order chi connectivity index (χ0) is 9.10. The van der Waals surface area contributed by atoms with Gasteiger partial charge in [-0.3, -0.25) is 4.79 Å². The van der Waals surface area contributed by atoms with E-state index in [1.807, 2.05) is 0 Å². The van der Waals surface area contributed by atoms with Crippen LogP contribution in [0.1, 0.15) is 25.7 Å². The number of Topliss-reactive ketones (excluding diaryl/α,β-unsaturated/α-hetero) is 1. The largest absolute Gasteiger partial charge is 0.316 e. The Labute approximate surface area is 79.4 Å². The van der Waals surface area contributed by atoms with Crippen LogP contribution in [0.2, 0.25) is 0 Å². The highest BCUT2D eigenvalue weighted by Gasteiger charge is 2.28. The molecular formula is C11H17NO. The third-order valence-electron chi connectivity index (χ3n) is 3.13. The minimum absolute atomic E-state index is 0.269. The molecule has 2 heteroatoms. The normalized spacial score (nSPS) is 34.9. The fourth-order valence-electron chi connectivity index (χ4n) is 2.33. The number of carbonyl (C=O) groups is 1. The molecule has 2 unspecified atom stereocenters. The van der Waals surface area contributed by atoms with Crippen molar-refractivity contribution in [2.24, 2.45) is 11.8 Å². The van der Waals surface area contributed by atoms with Gasteiger partial charge < -0.3 is 5.32 Å². The quantitative estimate of drug-likeness (QED) is 0.618. The van der Waals surface area contributed by atoms with Gasteiger partial charge in [0.25, 0.3) is 0 Å². The molecule has 0 radical (unpaired) electrons. The number of ketones is 1. The average molecular weight is 179 g/mol. The van der Waals surface area contributed by atoms with Gasteiger partial charge in [0.15, 0.2) is 0 Å². The molecule has 2 atom stereocenters. The van der Waals surface area contributed by atoms with Gasteiger partial charge in [-0.05, 0) is 25.2 Å². The van der Waals surface area contributed by atoms with Gasteiger partial charge in [0.2, 0.25) is 0 Å². The Morgan fingerprint density at radius 1 is 1.46 bits per heavy atom. The molecule has 0 amide bonds. The molecule has 0 aromatic carbocycles. The average Bonchev–Trinajstić information content (AvgIpc) is 2.20. The molecule has 1 aliphatic carbocycles. The second kappa shape index (κ2) is 4.05. The number of carbonyl (C=O) groups excluding carboxylic acids is 1. The van der Waals surface area contributed by atoms with Crippen molar-refractivity contribution >= 4 is 5.78 Å². The number of hydrogen-bond acceptors (Lipinski definition) is 2. The molecule has 0 spiro atoms. The number of allylic oxidation sites excluding steroid dienone is 2. The molecule has 2 aliphatic rings. The van der Waals surface area contributed by atoms with Crippen molar-refractivity contribution < 1.29 is 4.79 Å². The highest BCUT2D eigenvalue weighted by Crippen LogP contribution is 2.26. The number of rotatable bonds is 1. The Balaban J connectivity index is 2.00. The minimum Gasteiger partial charge on any atom is -0.316 e. The lowest BCUT2D eigenvalue weighted by Gasteiger charge is -2.29. The van der Waals surface area contributed by atoms with Crippen LogP contribution in [0.4, 0.5) is 0 Å². The van der Waals surface area contributed by atoms with E-state index in [0.29, 0.717) is 11.7 Å². The van der Waals surface area contributed by atoms with E-state index in [9.17, 15) is 4.79 Å². The fraction of sp³-hybridized carbons (Fsp3) is 0.727. The summed E-state index contributed by atoms with van der Waals surface area (Å²) in [7, 11) is 0. The Morgan fingerprint density at radius 3 is 3.08 bits per heavy atom. The summed E-state index contributed by atoms with van der Waals surface area (Å²) in [5, 5.41) is 3.31. The van der Waals surface area contributed by atoms with Gasteiger partial charge in [0.05, 0.1) is 0 Å². The van der Waals surface area contributed by atoms with Crippen LogP contribution in [0.25, 0.3) is 0 Å². The monoisotopic (exact) mass is 179 g/mol. The van der Waals surface area contributed by atoms with E-state index >= 15 is 0 Å². The molecule has 1 N–H and O–H groups in total. The van der Waals surface area contributed by atoms with Crippen molar-refractivity contribution in [1.29, 1.82) is 0 Å². The summed E-state index contributed by atoms with van der Waals surface area (Å²) in [6.07, 6.45) is 8.87. The maximum Gasteiger partial charge on any atom is 0.139 e. The third kappa shape index (κ3) is 1.99. The van der Waals surface area contributed by atoms with Crippen molar-refractivity contribution in [3.63, 3.8) is 0 Å². The molecule has 0 aromatic rings. The first-order chi connectivity index (χ1) is 6.38. The molecule has 2 nitrogen and oxygen atoms in total. The van der Waals surface area contributed by atoms with Crippen LogP contribution in [-0.4, -0.2) is 18.9 Å². The highest BCUT2D eigenvalue weighted by atomic mass is 16.1. The standard InChI is InChI=1S/C11H17NO/c13-11-6-7-12-8-10(11)9-4-2-1-3-5-9/h2,4,9-10,12H,1,3,5-8H2. The Bertz CT molecular complexity index is 222.